The normalized spacial score (nSPS) is 30.6. The van der Waals surface area contributed by atoms with Crippen LogP contribution >= 0.6 is 0 Å². The van der Waals surface area contributed by atoms with E-state index in [0.29, 0.717) is 19.1 Å². The summed E-state index contributed by atoms with van der Waals surface area (Å²) in [6.45, 7) is 5.87. The predicted molar refractivity (Wildman–Crippen MR) is 68.5 cm³/mol. The fraction of sp³-hybridized carbons (Fsp3) is 1.00. The topological polar surface area (TPSA) is 52.7 Å². The minimum atomic E-state index is -3.07. The van der Waals surface area contributed by atoms with Gasteiger partial charge in [0.25, 0.3) is 0 Å². The molecule has 0 saturated carbocycles. The van der Waals surface area contributed by atoms with E-state index in [1.807, 2.05) is 0 Å². The second-order valence-corrected chi connectivity index (χ2v) is 7.39. The molecule has 2 fully saturated rings. The molecule has 1 atom stereocenters. The van der Waals surface area contributed by atoms with Crippen molar-refractivity contribution < 1.29 is 8.42 Å². The number of likely N-dealkylation sites (N-methyl/N-ethyl adjacent to an activating group) is 1. The molecule has 0 aromatic carbocycles. The molecule has 0 radical (unpaired) electrons. The van der Waals surface area contributed by atoms with Gasteiger partial charge in [0.2, 0.25) is 10.0 Å². The number of hydrogen-bond acceptors (Lipinski definition) is 4. The van der Waals surface area contributed by atoms with Crippen LogP contribution in [0.15, 0.2) is 0 Å². The summed E-state index contributed by atoms with van der Waals surface area (Å²) in [7, 11) is -1.02. The van der Waals surface area contributed by atoms with Gasteiger partial charge in [-0.05, 0) is 39.9 Å². The molecule has 0 amide bonds. The zero-order chi connectivity index (χ0) is 12.5. The van der Waals surface area contributed by atoms with Gasteiger partial charge in [-0.2, -0.15) is 4.31 Å². The molecule has 6 heteroatoms. The van der Waals surface area contributed by atoms with Gasteiger partial charge in [0.1, 0.15) is 0 Å². The Balaban J connectivity index is 2.04. The van der Waals surface area contributed by atoms with E-state index in [1.165, 1.54) is 0 Å². The van der Waals surface area contributed by atoms with Gasteiger partial charge < -0.3 is 10.2 Å². The minimum absolute atomic E-state index is 0.167. The van der Waals surface area contributed by atoms with E-state index in [1.54, 1.807) is 4.31 Å². The third-order valence-corrected chi connectivity index (χ3v) is 6.36. The lowest BCUT2D eigenvalue weighted by molar-refractivity contribution is 0.158. The first-order valence-corrected chi connectivity index (χ1v) is 7.92. The molecule has 2 aliphatic heterocycles. The van der Waals surface area contributed by atoms with Gasteiger partial charge in [0.05, 0.1) is 5.25 Å². The van der Waals surface area contributed by atoms with Gasteiger partial charge in [0, 0.05) is 25.7 Å². The molecule has 1 N–H and O–H groups in total. The quantitative estimate of drug-likeness (QED) is 0.742. The Bertz CT molecular complexity index is 352. The first-order chi connectivity index (χ1) is 8.01. The van der Waals surface area contributed by atoms with E-state index in [0.717, 1.165) is 32.5 Å². The van der Waals surface area contributed by atoms with Crippen LogP contribution in [0.2, 0.25) is 0 Å². The molecule has 2 aliphatic rings. The molecule has 100 valence electrons. The van der Waals surface area contributed by atoms with Crippen molar-refractivity contribution in [3.8, 4) is 0 Å². The standard InChI is InChI=1S/C11H23N3O2S/c1-10-9-14(8-7-13(10)2)17(15,16)11-3-5-12-6-4-11/h10-12H,3-9H2,1-2H3. The zero-order valence-corrected chi connectivity index (χ0v) is 11.5. The smallest absolute Gasteiger partial charge is 0.217 e. The summed E-state index contributed by atoms with van der Waals surface area (Å²) in [6, 6.07) is 0.320. The monoisotopic (exact) mass is 261 g/mol. The Morgan fingerprint density at radius 2 is 1.82 bits per heavy atom. The first-order valence-electron chi connectivity index (χ1n) is 6.41. The Morgan fingerprint density at radius 3 is 2.41 bits per heavy atom. The summed E-state index contributed by atoms with van der Waals surface area (Å²) in [5.74, 6) is 0. The van der Waals surface area contributed by atoms with Crippen molar-refractivity contribution in [1.29, 1.82) is 0 Å². The molecule has 1 unspecified atom stereocenters. The summed E-state index contributed by atoms with van der Waals surface area (Å²) < 4.78 is 26.6. The molecule has 0 bridgehead atoms. The number of piperidine rings is 1. The Morgan fingerprint density at radius 1 is 1.18 bits per heavy atom. The fourth-order valence-electron chi connectivity index (χ4n) is 2.55. The molecule has 2 heterocycles. The largest absolute Gasteiger partial charge is 0.317 e. The highest BCUT2D eigenvalue weighted by Crippen LogP contribution is 2.20. The van der Waals surface area contributed by atoms with E-state index < -0.39 is 10.0 Å². The van der Waals surface area contributed by atoms with E-state index in [4.69, 9.17) is 0 Å². The minimum Gasteiger partial charge on any atom is -0.317 e. The van der Waals surface area contributed by atoms with Gasteiger partial charge in [-0.1, -0.05) is 0 Å². The molecule has 5 nitrogen and oxygen atoms in total. The lowest BCUT2D eigenvalue weighted by Gasteiger charge is -2.39. The van der Waals surface area contributed by atoms with Gasteiger partial charge in [0.15, 0.2) is 0 Å². The van der Waals surface area contributed by atoms with E-state index in [2.05, 4.69) is 24.2 Å². The van der Waals surface area contributed by atoms with Crippen molar-refractivity contribution in [2.75, 3.05) is 39.8 Å². The highest BCUT2D eigenvalue weighted by atomic mass is 32.2. The lowest BCUT2D eigenvalue weighted by atomic mass is 10.2. The summed E-state index contributed by atoms with van der Waals surface area (Å²) in [6.07, 6.45) is 1.51. The maximum Gasteiger partial charge on any atom is 0.217 e. The van der Waals surface area contributed by atoms with Crippen molar-refractivity contribution in [1.82, 2.24) is 14.5 Å². The molecule has 0 aliphatic carbocycles. The van der Waals surface area contributed by atoms with Crippen molar-refractivity contribution in [2.24, 2.45) is 0 Å². The van der Waals surface area contributed by atoms with Crippen LogP contribution in [0, 0.1) is 0 Å². The van der Waals surface area contributed by atoms with Gasteiger partial charge >= 0.3 is 0 Å². The number of rotatable bonds is 2. The van der Waals surface area contributed by atoms with Crippen LogP contribution in [0.3, 0.4) is 0 Å². The van der Waals surface area contributed by atoms with Gasteiger partial charge in [-0.3, -0.25) is 0 Å². The summed E-state index contributed by atoms with van der Waals surface area (Å²) in [5, 5.41) is 3.05. The molecule has 2 rings (SSSR count). The van der Waals surface area contributed by atoms with Crippen molar-refractivity contribution in [3.63, 3.8) is 0 Å². The summed E-state index contributed by atoms with van der Waals surface area (Å²) >= 11 is 0. The second-order valence-electron chi connectivity index (χ2n) is 5.18. The first kappa shape index (κ1) is 13.3. The SMILES string of the molecule is CC1CN(S(=O)(=O)C2CCNCC2)CCN1C. The summed E-state index contributed by atoms with van der Waals surface area (Å²) in [4.78, 5) is 2.22. The van der Waals surface area contributed by atoms with Gasteiger partial charge in [-0.25, -0.2) is 8.42 Å². The molecule has 0 aromatic rings. The molecule has 0 aromatic heterocycles. The van der Waals surface area contributed by atoms with Crippen molar-refractivity contribution >= 4 is 10.0 Å². The lowest BCUT2D eigenvalue weighted by Crippen LogP contribution is -2.54. The number of nitrogens with zero attached hydrogens (tertiary/aromatic N) is 2. The second kappa shape index (κ2) is 5.22. The Kier molecular flexibility index (Phi) is 4.07. The van der Waals surface area contributed by atoms with Crippen LogP contribution in [0.5, 0.6) is 0 Å². The molecular formula is C11H23N3O2S. The number of hydrogen-bond donors (Lipinski definition) is 1. The highest BCUT2D eigenvalue weighted by molar-refractivity contribution is 7.89. The molecule has 2 saturated heterocycles. The maximum atomic E-state index is 12.5. The molecular weight excluding hydrogens is 238 g/mol. The van der Waals surface area contributed by atoms with Crippen molar-refractivity contribution in [2.45, 2.75) is 31.1 Å². The van der Waals surface area contributed by atoms with E-state index >= 15 is 0 Å². The number of piperazine rings is 1. The third-order valence-electron chi connectivity index (χ3n) is 3.99. The van der Waals surface area contributed by atoms with Crippen LogP contribution in [0.1, 0.15) is 19.8 Å². The van der Waals surface area contributed by atoms with E-state index in [-0.39, 0.29) is 5.25 Å². The number of sulfonamides is 1. The fourth-order valence-corrected chi connectivity index (χ4v) is 4.56. The van der Waals surface area contributed by atoms with Crippen LogP contribution in [-0.2, 0) is 10.0 Å². The highest BCUT2D eigenvalue weighted by Gasteiger charge is 2.35. The summed E-state index contributed by atoms with van der Waals surface area (Å²) in [5.41, 5.74) is 0. The zero-order valence-electron chi connectivity index (χ0n) is 10.7. The molecule has 17 heavy (non-hydrogen) atoms. The van der Waals surface area contributed by atoms with Crippen LogP contribution in [-0.4, -0.2) is 68.7 Å². The van der Waals surface area contributed by atoms with Gasteiger partial charge in [-0.15, -0.1) is 0 Å². The van der Waals surface area contributed by atoms with E-state index in [9.17, 15) is 8.42 Å². The maximum absolute atomic E-state index is 12.5. The average molecular weight is 261 g/mol. The number of nitrogens with one attached hydrogen (secondary N) is 1. The van der Waals surface area contributed by atoms with Crippen LogP contribution < -0.4 is 5.32 Å². The van der Waals surface area contributed by atoms with Crippen molar-refractivity contribution in [3.05, 3.63) is 0 Å². The Labute approximate surface area is 104 Å². The van der Waals surface area contributed by atoms with Crippen LogP contribution in [0.25, 0.3) is 0 Å². The average Bonchev–Trinajstić information content (AvgIpc) is 2.33. The molecule has 0 spiro atoms. The third kappa shape index (κ3) is 2.81. The van der Waals surface area contributed by atoms with Crippen LogP contribution in [0.4, 0.5) is 0 Å². The predicted octanol–water partition coefficient (Wildman–Crippen LogP) is -0.296. The Hall–Kier alpha value is -0.170.